The van der Waals surface area contributed by atoms with Crippen LogP contribution in [-0.4, -0.2) is 18.1 Å². The molecule has 0 unspecified atom stereocenters. The van der Waals surface area contributed by atoms with Gasteiger partial charge in [-0.1, -0.05) is 48.3 Å². The van der Waals surface area contributed by atoms with E-state index in [2.05, 4.69) is 5.32 Å². The van der Waals surface area contributed by atoms with Crippen LogP contribution >= 0.6 is 23.2 Å². The zero-order valence-electron chi connectivity index (χ0n) is 18.1. The van der Waals surface area contributed by atoms with Gasteiger partial charge in [-0.15, -0.1) is 0 Å². The summed E-state index contributed by atoms with van der Waals surface area (Å²) in [7, 11) is 0. The first-order valence-electron chi connectivity index (χ1n) is 10.1. The number of anilines is 1. The molecule has 3 rings (SSSR count). The van der Waals surface area contributed by atoms with Crippen LogP contribution in [0.25, 0.3) is 0 Å². The number of nitrogens with one attached hydrogen (secondary N) is 1. The van der Waals surface area contributed by atoms with Gasteiger partial charge in [0, 0.05) is 11.0 Å². The van der Waals surface area contributed by atoms with Crippen molar-refractivity contribution in [3.63, 3.8) is 0 Å². The molecule has 1 saturated carbocycles. The third-order valence-electron chi connectivity index (χ3n) is 5.78. The summed E-state index contributed by atoms with van der Waals surface area (Å²) >= 11 is 12.0. The average molecular weight is 510 g/mol. The Bertz CT molecular complexity index is 997. The van der Waals surface area contributed by atoms with Gasteiger partial charge in [0.25, 0.3) is 0 Å². The van der Waals surface area contributed by atoms with Crippen molar-refractivity contribution in [2.75, 3.05) is 5.32 Å². The Kier molecular flexibility index (Phi) is 9.71. The molecule has 10 heteroatoms. The topological polar surface area (TPSA) is 69.2 Å². The number of alkyl halides is 3. The standard InChI is InChI=1S/C23H22Cl2F3NO3.Na/c1-12(23(26,27)28)21(14-4-7-16(24)8-5-14)22(32)29-19-10-15(6-9-18(19)25)17(11-20(30)31)13-2-3-13;/h4-10,12-13,17,21H,2-3,11H2,1H3,(H,29,32)(H,30,31);/q;+1/p-1/t12-,17+,21+;/m1./s1. The van der Waals surface area contributed by atoms with Crippen molar-refractivity contribution in [1.82, 2.24) is 0 Å². The number of rotatable bonds is 8. The second-order valence-electron chi connectivity index (χ2n) is 8.11. The molecule has 1 N–H and O–H groups in total. The molecule has 0 aliphatic heterocycles. The van der Waals surface area contributed by atoms with Gasteiger partial charge >= 0.3 is 35.7 Å². The summed E-state index contributed by atoms with van der Waals surface area (Å²) in [4.78, 5) is 24.2. The van der Waals surface area contributed by atoms with Gasteiger partial charge in [-0.3, -0.25) is 4.79 Å². The number of benzene rings is 2. The zero-order chi connectivity index (χ0) is 23.6. The fourth-order valence-electron chi connectivity index (χ4n) is 3.84. The molecule has 0 bridgehead atoms. The van der Waals surface area contributed by atoms with Gasteiger partial charge < -0.3 is 15.2 Å². The number of carbonyl (C=O) groups is 2. The number of halogens is 5. The average Bonchev–Trinajstić information content (AvgIpc) is 3.54. The maximum absolute atomic E-state index is 13.5. The summed E-state index contributed by atoms with van der Waals surface area (Å²) in [5, 5.41) is 14.2. The van der Waals surface area contributed by atoms with Crippen molar-refractivity contribution < 1.29 is 57.4 Å². The molecule has 0 aromatic heterocycles. The number of carboxylic acid groups (broad SMARTS) is 1. The minimum atomic E-state index is -4.61. The van der Waals surface area contributed by atoms with Crippen LogP contribution in [0.3, 0.4) is 0 Å². The number of carbonyl (C=O) groups excluding carboxylic acids is 2. The molecule has 3 atom stereocenters. The van der Waals surface area contributed by atoms with Gasteiger partial charge in [-0.05, 0) is 66.5 Å². The van der Waals surface area contributed by atoms with Gasteiger partial charge in [0.15, 0.2) is 0 Å². The second-order valence-corrected chi connectivity index (χ2v) is 8.95. The molecule has 0 spiro atoms. The Morgan fingerprint density at radius 1 is 1.09 bits per heavy atom. The summed E-state index contributed by atoms with van der Waals surface area (Å²) in [5.74, 6) is -5.69. The van der Waals surface area contributed by atoms with Crippen molar-refractivity contribution in [1.29, 1.82) is 0 Å². The third-order valence-corrected chi connectivity index (χ3v) is 6.36. The monoisotopic (exact) mass is 509 g/mol. The zero-order valence-corrected chi connectivity index (χ0v) is 21.6. The minimum Gasteiger partial charge on any atom is -0.550 e. The fourth-order valence-corrected chi connectivity index (χ4v) is 4.13. The molecule has 1 aliphatic rings. The van der Waals surface area contributed by atoms with Crippen molar-refractivity contribution in [2.45, 2.75) is 44.2 Å². The van der Waals surface area contributed by atoms with Crippen molar-refractivity contribution in [3.05, 3.63) is 63.6 Å². The van der Waals surface area contributed by atoms with Crippen molar-refractivity contribution >= 4 is 40.8 Å². The molecule has 1 fully saturated rings. The Labute approximate surface area is 222 Å². The van der Waals surface area contributed by atoms with Crippen molar-refractivity contribution in [2.24, 2.45) is 11.8 Å². The van der Waals surface area contributed by atoms with Crippen LogP contribution < -0.4 is 40.0 Å². The van der Waals surface area contributed by atoms with E-state index in [1.807, 2.05) is 0 Å². The fraction of sp³-hybridized carbons (Fsp3) is 0.391. The summed E-state index contributed by atoms with van der Waals surface area (Å²) in [6.45, 7) is 0.944. The second kappa shape index (κ2) is 11.5. The predicted molar refractivity (Wildman–Crippen MR) is 115 cm³/mol. The Morgan fingerprint density at radius 2 is 1.67 bits per heavy atom. The quantitative estimate of drug-likeness (QED) is 0.556. The number of hydrogen-bond acceptors (Lipinski definition) is 3. The summed E-state index contributed by atoms with van der Waals surface area (Å²) in [6, 6.07) is 10.3. The first-order chi connectivity index (χ1) is 15.0. The van der Waals surface area contributed by atoms with Crippen LogP contribution in [0, 0.1) is 11.8 Å². The normalized spacial score (nSPS) is 16.3. The molecule has 2 aromatic rings. The van der Waals surface area contributed by atoms with Crippen LogP contribution in [0.2, 0.25) is 10.0 Å². The molecular formula is C23H21Cl2F3NNaO3. The smallest absolute Gasteiger partial charge is 0.550 e. The van der Waals surface area contributed by atoms with Gasteiger partial charge in [0.1, 0.15) is 0 Å². The van der Waals surface area contributed by atoms with Gasteiger partial charge in [-0.25, -0.2) is 0 Å². The van der Waals surface area contributed by atoms with E-state index in [1.54, 1.807) is 6.07 Å². The number of carboxylic acids is 1. The third kappa shape index (κ3) is 7.36. The van der Waals surface area contributed by atoms with Gasteiger partial charge in [0.2, 0.25) is 5.91 Å². The van der Waals surface area contributed by atoms with Gasteiger partial charge in [0.05, 0.1) is 22.5 Å². The van der Waals surface area contributed by atoms with E-state index >= 15 is 0 Å². The van der Waals surface area contributed by atoms with Crippen LogP contribution in [0.4, 0.5) is 18.9 Å². The van der Waals surface area contributed by atoms with E-state index < -0.39 is 29.9 Å². The maximum Gasteiger partial charge on any atom is 1.00 e. The van der Waals surface area contributed by atoms with Crippen LogP contribution in [0.15, 0.2) is 42.5 Å². The van der Waals surface area contributed by atoms with Crippen LogP contribution in [0.5, 0.6) is 0 Å². The van der Waals surface area contributed by atoms with Crippen LogP contribution in [-0.2, 0) is 9.59 Å². The summed E-state index contributed by atoms with van der Waals surface area (Å²) in [5.41, 5.74) is 0.937. The molecule has 0 radical (unpaired) electrons. The first-order valence-corrected chi connectivity index (χ1v) is 10.8. The molecule has 0 heterocycles. The molecule has 0 saturated heterocycles. The summed E-state index contributed by atoms with van der Waals surface area (Å²) < 4.78 is 40.6. The molecule has 1 aliphatic carbocycles. The number of hydrogen-bond donors (Lipinski definition) is 1. The van der Waals surface area contributed by atoms with E-state index in [9.17, 15) is 27.9 Å². The van der Waals surface area contributed by atoms with E-state index in [0.29, 0.717) is 10.6 Å². The first kappa shape index (κ1) is 28.0. The minimum absolute atomic E-state index is 0. The summed E-state index contributed by atoms with van der Waals surface area (Å²) in [6.07, 6.45) is -3.04. The molecule has 1 amide bonds. The van der Waals surface area contributed by atoms with E-state index in [0.717, 1.165) is 19.8 Å². The maximum atomic E-state index is 13.5. The van der Waals surface area contributed by atoms with Crippen LogP contribution in [0.1, 0.15) is 49.1 Å². The SMILES string of the molecule is C[C@H]([C@H](C(=O)Nc1cc([C@@H](CC(=O)[O-])C2CC2)ccc1Cl)c1ccc(Cl)cc1)C(F)(F)F.[Na+]. The number of amides is 1. The molecular weight excluding hydrogens is 489 g/mol. The Morgan fingerprint density at radius 3 is 2.18 bits per heavy atom. The van der Waals surface area contributed by atoms with Crippen molar-refractivity contribution in [3.8, 4) is 0 Å². The molecule has 172 valence electrons. The number of aliphatic carboxylic acids is 1. The van der Waals surface area contributed by atoms with E-state index in [1.165, 1.54) is 36.4 Å². The largest absolute Gasteiger partial charge is 1.00 e. The molecule has 4 nitrogen and oxygen atoms in total. The van der Waals surface area contributed by atoms with E-state index in [-0.39, 0.29) is 64.1 Å². The van der Waals surface area contributed by atoms with E-state index in [4.69, 9.17) is 23.2 Å². The predicted octanol–water partition coefficient (Wildman–Crippen LogP) is 2.55. The molecule has 2 aromatic carbocycles. The molecule has 33 heavy (non-hydrogen) atoms. The Hall–Kier alpha value is -1.25. The van der Waals surface area contributed by atoms with Gasteiger partial charge in [-0.2, -0.15) is 13.2 Å². The Balaban J connectivity index is 0.00000385.